The number of rotatable bonds is 5. The maximum atomic E-state index is 12.6. The van der Waals surface area contributed by atoms with Gasteiger partial charge in [-0.25, -0.2) is 0 Å². The average Bonchev–Trinajstić information content (AvgIpc) is 2.58. The highest BCUT2D eigenvalue weighted by molar-refractivity contribution is 6.17. The lowest BCUT2D eigenvalue weighted by Gasteiger charge is -2.09. The first-order valence-electron chi connectivity index (χ1n) is 7.40. The third kappa shape index (κ3) is 4.56. The Morgan fingerprint density at radius 1 is 0.920 bits per heavy atom. The molecule has 2 aromatic carbocycles. The van der Waals surface area contributed by atoms with Crippen molar-refractivity contribution in [2.75, 3.05) is 14.1 Å². The Kier molecular flexibility index (Phi) is 5.41. The normalized spacial score (nSPS) is 11.6. The fraction of sp³-hybridized carbons (Fsp3) is 0.158. The van der Waals surface area contributed by atoms with E-state index in [1.165, 1.54) is 18.2 Å². The van der Waals surface area contributed by atoms with Gasteiger partial charge in [0.15, 0.2) is 11.6 Å². The Hall–Kier alpha value is -2.89. The molecule has 0 aliphatic rings. The minimum absolute atomic E-state index is 0.0878. The van der Waals surface area contributed by atoms with E-state index in [2.05, 4.69) is 0 Å². The average molecular weight is 347 g/mol. The lowest BCUT2D eigenvalue weighted by atomic mass is 9.95. The predicted octanol–water partition coefficient (Wildman–Crippen LogP) is 4.19. The van der Waals surface area contributed by atoms with Crippen LogP contribution in [0.2, 0.25) is 0 Å². The van der Waals surface area contributed by atoms with E-state index in [0.717, 1.165) is 24.3 Å². The molecular weight excluding hydrogens is 331 g/mol. The van der Waals surface area contributed by atoms with Crippen LogP contribution in [-0.4, -0.2) is 30.6 Å². The summed E-state index contributed by atoms with van der Waals surface area (Å²) in [6.45, 7) is 0. The Balaban J connectivity index is 2.36. The van der Waals surface area contributed by atoms with Crippen LogP contribution in [0.3, 0.4) is 0 Å². The van der Waals surface area contributed by atoms with Gasteiger partial charge in [-0.2, -0.15) is 13.2 Å². The number of halogens is 3. The third-order valence-corrected chi connectivity index (χ3v) is 3.44. The fourth-order valence-electron chi connectivity index (χ4n) is 2.17. The van der Waals surface area contributed by atoms with Crippen molar-refractivity contribution < 1.29 is 22.8 Å². The summed E-state index contributed by atoms with van der Waals surface area (Å²) in [4.78, 5) is 26.6. The number of ketones is 2. The molecule has 0 bridgehead atoms. The molecule has 0 unspecified atom stereocenters. The molecule has 0 spiro atoms. The van der Waals surface area contributed by atoms with Crippen molar-refractivity contribution in [3.05, 3.63) is 83.1 Å². The van der Waals surface area contributed by atoms with Gasteiger partial charge in [-0.15, -0.1) is 0 Å². The highest BCUT2D eigenvalue weighted by Crippen LogP contribution is 2.29. The number of hydrogen-bond donors (Lipinski definition) is 0. The van der Waals surface area contributed by atoms with Crippen molar-refractivity contribution in [3.8, 4) is 0 Å². The summed E-state index contributed by atoms with van der Waals surface area (Å²) in [7, 11) is 3.51. The number of hydrogen-bond acceptors (Lipinski definition) is 3. The molecule has 2 aromatic rings. The van der Waals surface area contributed by atoms with Gasteiger partial charge in [-0.3, -0.25) is 9.59 Å². The van der Waals surface area contributed by atoms with Crippen molar-refractivity contribution in [2.45, 2.75) is 6.18 Å². The van der Waals surface area contributed by atoms with Crippen LogP contribution in [0, 0.1) is 0 Å². The van der Waals surface area contributed by atoms with Crippen LogP contribution < -0.4 is 0 Å². The highest BCUT2D eigenvalue weighted by Gasteiger charge is 2.30. The second kappa shape index (κ2) is 7.34. The second-order valence-corrected chi connectivity index (χ2v) is 5.59. The highest BCUT2D eigenvalue weighted by atomic mass is 19.4. The van der Waals surface area contributed by atoms with Crippen LogP contribution in [0.25, 0.3) is 0 Å². The predicted molar refractivity (Wildman–Crippen MR) is 88.5 cm³/mol. The molecule has 0 saturated heterocycles. The zero-order valence-electron chi connectivity index (χ0n) is 13.7. The van der Waals surface area contributed by atoms with Gasteiger partial charge in [0.25, 0.3) is 0 Å². The van der Waals surface area contributed by atoms with Crippen LogP contribution in [0.5, 0.6) is 0 Å². The molecule has 0 radical (unpaired) electrons. The smallest absolute Gasteiger partial charge is 0.383 e. The maximum Gasteiger partial charge on any atom is 0.416 e. The molecule has 0 aliphatic carbocycles. The Labute approximate surface area is 143 Å². The van der Waals surface area contributed by atoms with Crippen molar-refractivity contribution in [2.24, 2.45) is 0 Å². The molecule has 130 valence electrons. The molecule has 0 atom stereocenters. The van der Waals surface area contributed by atoms with Crippen LogP contribution >= 0.6 is 0 Å². The van der Waals surface area contributed by atoms with E-state index >= 15 is 0 Å². The molecule has 0 aromatic heterocycles. The lowest BCUT2D eigenvalue weighted by Crippen LogP contribution is -2.11. The molecule has 0 aliphatic heterocycles. The number of benzene rings is 2. The van der Waals surface area contributed by atoms with E-state index < -0.39 is 17.5 Å². The van der Waals surface area contributed by atoms with Gasteiger partial charge in [-0.05, 0) is 12.1 Å². The van der Waals surface area contributed by atoms with E-state index in [0.29, 0.717) is 0 Å². The Morgan fingerprint density at radius 2 is 1.48 bits per heavy atom. The van der Waals surface area contributed by atoms with Crippen LogP contribution in [0.1, 0.15) is 31.8 Å². The zero-order chi connectivity index (χ0) is 18.6. The summed E-state index contributed by atoms with van der Waals surface area (Å²) in [6, 6.07) is 10.2. The number of carbonyl (C=O) groups is 2. The molecule has 0 N–H and O–H groups in total. The minimum Gasteiger partial charge on any atom is -0.383 e. The molecule has 0 saturated carbocycles. The van der Waals surface area contributed by atoms with E-state index in [1.54, 1.807) is 37.3 Å². The SMILES string of the molecule is CN(C)C=CC(=O)c1ccccc1C(=O)c1ccc(C(F)(F)F)cc1. The van der Waals surface area contributed by atoms with Gasteiger partial charge >= 0.3 is 6.18 Å². The molecular formula is C19H16F3NO2. The quantitative estimate of drug-likeness (QED) is 0.601. The third-order valence-electron chi connectivity index (χ3n) is 3.44. The van der Waals surface area contributed by atoms with Crippen molar-refractivity contribution in [1.29, 1.82) is 0 Å². The number of allylic oxidation sites excluding steroid dienone is 1. The monoisotopic (exact) mass is 347 g/mol. The van der Waals surface area contributed by atoms with Gasteiger partial charge in [0, 0.05) is 43.1 Å². The lowest BCUT2D eigenvalue weighted by molar-refractivity contribution is -0.137. The largest absolute Gasteiger partial charge is 0.416 e. The van der Waals surface area contributed by atoms with Gasteiger partial charge in [0.2, 0.25) is 0 Å². The molecule has 0 heterocycles. The first-order chi connectivity index (χ1) is 11.7. The summed E-state index contributed by atoms with van der Waals surface area (Å²) < 4.78 is 37.9. The van der Waals surface area contributed by atoms with E-state index in [-0.39, 0.29) is 22.5 Å². The summed E-state index contributed by atoms with van der Waals surface area (Å²) in [5, 5.41) is 0. The molecule has 3 nitrogen and oxygen atoms in total. The summed E-state index contributed by atoms with van der Waals surface area (Å²) >= 11 is 0. The van der Waals surface area contributed by atoms with E-state index in [4.69, 9.17) is 0 Å². The van der Waals surface area contributed by atoms with Crippen molar-refractivity contribution in [3.63, 3.8) is 0 Å². The van der Waals surface area contributed by atoms with Crippen LogP contribution in [-0.2, 0) is 6.18 Å². The number of carbonyl (C=O) groups excluding carboxylic acids is 2. The Bertz CT molecular complexity index is 806. The number of nitrogens with zero attached hydrogens (tertiary/aromatic N) is 1. The molecule has 0 amide bonds. The van der Waals surface area contributed by atoms with Gasteiger partial charge < -0.3 is 4.90 Å². The standard InChI is InChI=1S/C19H16F3NO2/c1-23(2)12-11-17(24)15-5-3-4-6-16(15)18(25)13-7-9-14(10-8-13)19(20,21)22/h3-12H,1-2H3. The van der Waals surface area contributed by atoms with E-state index in [1.807, 2.05) is 0 Å². The summed E-state index contributed by atoms with van der Waals surface area (Å²) in [6.07, 6.45) is -1.58. The second-order valence-electron chi connectivity index (χ2n) is 5.59. The first kappa shape index (κ1) is 18.4. The van der Waals surface area contributed by atoms with Crippen LogP contribution in [0.15, 0.2) is 60.8 Å². The molecule has 6 heteroatoms. The topological polar surface area (TPSA) is 37.4 Å². The molecule has 25 heavy (non-hydrogen) atoms. The Morgan fingerprint density at radius 3 is 2.00 bits per heavy atom. The number of alkyl halides is 3. The van der Waals surface area contributed by atoms with Gasteiger partial charge in [0.1, 0.15) is 0 Å². The zero-order valence-corrected chi connectivity index (χ0v) is 13.7. The van der Waals surface area contributed by atoms with E-state index in [9.17, 15) is 22.8 Å². The van der Waals surface area contributed by atoms with Crippen LogP contribution in [0.4, 0.5) is 13.2 Å². The van der Waals surface area contributed by atoms with Crippen molar-refractivity contribution >= 4 is 11.6 Å². The van der Waals surface area contributed by atoms with Crippen molar-refractivity contribution in [1.82, 2.24) is 4.90 Å². The maximum absolute atomic E-state index is 12.6. The van der Waals surface area contributed by atoms with Gasteiger partial charge in [0.05, 0.1) is 5.56 Å². The minimum atomic E-state index is -4.47. The summed E-state index contributed by atoms with van der Waals surface area (Å²) in [5.74, 6) is -0.861. The molecule has 0 fully saturated rings. The summed E-state index contributed by atoms with van der Waals surface area (Å²) in [5.41, 5.74) is -0.395. The van der Waals surface area contributed by atoms with Gasteiger partial charge in [-0.1, -0.05) is 36.4 Å². The fourth-order valence-corrected chi connectivity index (χ4v) is 2.17. The first-order valence-corrected chi connectivity index (χ1v) is 7.40. The molecule has 2 rings (SSSR count).